The predicted molar refractivity (Wildman–Crippen MR) is 63.4 cm³/mol. The van der Waals surface area contributed by atoms with Crippen molar-refractivity contribution in [3.63, 3.8) is 0 Å². The highest BCUT2D eigenvalue weighted by Crippen LogP contribution is 2.44. The maximum Gasteiger partial charge on any atom is 0.301 e. The molecule has 1 aromatic carbocycles. The van der Waals surface area contributed by atoms with Crippen LogP contribution in [0.5, 0.6) is 0 Å². The fourth-order valence-electron chi connectivity index (χ4n) is 2.37. The monoisotopic (exact) mass is 240 g/mol. The molecule has 0 N–H and O–H groups in total. The van der Waals surface area contributed by atoms with E-state index in [1.54, 1.807) is 6.07 Å². The van der Waals surface area contributed by atoms with Crippen LogP contribution in [-0.4, -0.2) is 12.7 Å². The minimum atomic E-state index is -2.96. The number of rotatable bonds is 3. The third kappa shape index (κ3) is 1.86. The van der Waals surface area contributed by atoms with E-state index in [1.165, 1.54) is 27.0 Å². The van der Waals surface area contributed by atoms with Gasteiger partial charge in [0, 0.05) is 12.7 Å². The van der Waals surface area contributed by atoms with Gasteiger partial charge in [0.2, 0.25) is 0 Å². The largest absolute Gasteiger partial charge is 0.372 e. The van der Waals surface area contributed by atoms with Crippen LogP contribution in [-0.2, 0) is 23.5 Å². The quantitative estimate of drug-likeness (QED) is 0.783. The number of benzene rings is 1. The zero-order valence-electron chi connectivity index (χ0n) is 10.5. The molecule has 0 atom stereocenters. The Morgan fingerprint density at radius 2 is 1.88 bits per heavy atom. The Morgan fingerprint density at radius 1 is 1.18 bits per heavy atom. The molecule has 1 aromatic rings. The van der Waals surface area contributed by atoms with Crippen molar-refractivity contribution in [2.24, 2.45) is 0 Å². The van der Waals surface area contributed by atoms with E-state index in [2.05, 4.69) is 0 Å². The molecule has 1 aliphatic rings. The number of ether oxygens (including phenoxy) is 1. The lowest BCUT2D eigenvalue weighted by atomic mass is 9.88. The van der Waals surface area contributed by atoms with E-state index in [1.807, 2.05) is 6.07 Å². The molecule has 0 heterocycles. The van der Waals surface area contributed by atoms with Gasteiger partial charge in [0.15, 0.2) is 0 Å². The number of methoxy groups -OCH3 is 1. The van der Waals surface area contributed by atoms with Gasteiger partial charge in [-0.1, -0.05) is 18.2 Å². The number of hydrogen-bond donors (Lipinski definition) is 0. The summed E-state index contributed by atoms with van der Waals surface area (Å²) in [6, 6.07) is 5.20. The lowest BCUT2D eigenvalue weighted by Crippen LogP contribution is -2.42. The van der Waals surface area contributed by atoms with E-state index in [4.69, 9.17) is 4.74 Å². The van der Waals surface area contributed by atoms with E-state index in [0.717, 1.165) is 30.4 Å². The average molecular weight is 240 g/mol. The molecule has 3 heteroatoms. The molecule has 0 fully saturated rings. The standard InChI is InChI=1S/C14H18F2O/c1-13(2,17-3)14(15,16)12-9-5-7-10-6-4-8-11(10)12/h5,7,9H,4,6,8H2,1-3H3. The van der Waals surface area contributed by atoms with Crippen LogP contribution in [0.2, 0.25) is 0 Å². The van der Waals surface area contributed by atoms with Gasteiger partial charge in [-0.3, -0.25) is 0 Å². The number of alkyl halides is 2. The minimum Gasteiger partial charge on any atom is -0.372 e. The number of hydrogen-bond acceptors (Lipinski definition) is 1. The Morgan fingerprint density at radius 3 is 2.53 bits per heavy atom. The van der Waals surface area contributed by atoms with E-state index >= 15 is 0 Å². The summed E-state index contributed by atoms with van der Waals surface area (Å²) in [7, 11) is 1.33. The van der Waals surface area contributed by atoms with Crippen molar-refractivity contribution >= 4 is 0 Å². The summed E-state index contributed by atoms with van der Waals surface area (Å²) in [6.07, 6.45) is 2.63. The second kappa shape index (κ2) is 4.05. The SMILES string of the molecule is COC(C)(C)C(F)(F)c1cccc2c1CCC2. The number of aryl methyl sites for hydroxylation is 1. The fourth-order valence-corrected chi connectivity index (χ4v) is 2.37. The first-order valence-corrected chi connectivity index (χ1v) is 5.94. The van der Waals surface area contributed by atoms with E-state index in [0.29, 0.717) is 0 Å². The molecule has 0 unspecified atom stereocenters. The summed E-state index contributed by atoms with van der Waals surface area (Å²) in [5.41, 5.74) is 0.543. The van der Waals surface area contributed by atoms with Gasteiger partial charge in [0.25, 0.3) is 0 Å². The Kier molecular flexibility index (Phi) is 2.98. The van der Waals surface area contributed by atoms with E-state index < -0.39 is 11.5 Å². The molecule has 0 spiro atoms. The van der Waals surface area contributed by atoms with Crippen LogP contribution in [0.3, 0.4) is 0 Å². The Balaban J connectivity index is 2.51. The minimum absolute atomic E-state index is 0.138. The van der Waals surface area contributed by atoms with Crippen LogP contribution < -0.4 is 0 Å². The topological polar surface area (TPSA) is 9.23 Å². The molecule has 0 aliphatic heterocycles. The van der Waals surface area contributed by atoms with Gasteiger partial charge in [-0.05, 0) is 44.2 Å². The van der Waals surface area contributed by atoms with Gasteiger partial charge < -0.3 is 4.74 Å². The third-order valence-electron chi connectivity index (χ3n) is 3.75. The summed E-state index contributed by atoms with van der Waals surface area (Å²) < 4.78 is 33.9. The molecule has 2 rings (SSSR count). The predicted octanol–water partition coefficient (Wildman–Crippen LogP) is 3.69. The summed E-state index contributed by atoms with van der Waals surface area (Å²) >= 11 is 0. The van der Waals surface area contributed by atoms with E-state index in [-0.39, 0.29) is 5.56 Å². The summed E-state index contributed by atoms with van der Waals surface area (Å²) in [6.45, 7) is 2.86. The molecule has 0 amide bonds. The van der Waals surface area contributed by atoms with Gasteiger partial charge in [0.05, 0.1) is 0 Å². The lowest BCUT2D eigenvalue weighted by molar-refractivity contribution is -0.185. The summed E-state index contributed by atoms with van der Waals surface area (Å²) in [5, 5.41) is 0. The van der Waals surface area contributed by atoms with Crippen LogP contribution in [0.15, 0.2) is 18.2 Å². The second-order valence-electron chi connectivity index (χ2n) is 5.09. The molecule has 0 saturated carbocycles. The molecule has 0 aromatic heterocycles. The highest BCUT2D eigenvalue weighted by molar-refractivity contribution is 5.41. The number of fused-ring (bicyclic) bond motifs is 1. The van der Waals surface area contributed by atoms with Crippen molar-refractivity contribution in [3.05, 3.63) is 34.9 Å². The Bertz CT molecular complexity index is 424. The Labute approximate surface area is 101 Å². The van der Waals surface area contributed by atoms with Crippen LogP contribution in [0.1, 0.15) is 37.0 Å². The summed E-state index contributed by atoms with van der Waals surface area (Å²) in [4.78, 5) is 0. The first-order chi connectivity index (χ1) is 7.90. The smallest absolute Gasteiger partial charge is 0.301 e. The molecule has 1 nitrogen and oxygen atoms in total. The highest BCUT2D eigenvalue weighted by atomic mass is 19.3. The average Bonchev–Trinajstić information content (AvgIpc) is 2.76. The lowest BCUT2D eigenvalue weighted by Gasteiger charge is -2.34. The first-order valence-electron chi connectivity index (χ1n) is 5.94. The zero-order valence-corrected chi connectivity index (χ0v) is 10.5. The first kappa shape index (κ1) is 12.5. The highest BCUT2D eigenvalue weighted by Gasteiger charge is 2.50. The van der Waals surface area contributed by atoms with Crippen LogP contribution in [0.4, 0.5) is 8.78 Å². The maximum atomic E-state index is 14.5. The van der Waals surface area contributed by atoms with Crippen molar-refractivity contribution < 1.29 is 13.5 Å². The van der Waals surface area contributed by atoms with Gasteiger partial charge in [-0.2, -0.15) is 8.78 Å². The third-order valence-corrected chi connectivity index (χ3v) is 3.75. The van der Waals surface area contributed by atoms with Crippen LogP contribution in [0, 0.1) is 0 Å². The fraction of sp³-hybridized carbons (Fsp3) is 0.571. The van der Waals surface area contributed by atoms with Gasteiger partial charge in [-0.25, -0.2) is 0 Å². The molecule has 17 heavy (non-hydrogen) atoms. The normalized spacial score (nSPS) is 16.1. The van der Waals surface area contributed by atoms with Crippen molar-refractivity contribution in [1.29, 1.82) is 0 Å². The van der Waals surface area contributed by atoms with Gasteiger partial charge in [0.1, 0.15) is 5.60 Å². The Hall–Kier alpha value is -0.960. The molecule has 0 radical (unpaired) electrons. The van der Waals surface area contributed by atoms with Crippen molar-refractivity contribution in [1.82, 2.24) is 0 Å². The van der Waals surface area contributed by atoms with Gasteiger partial charge >= 0.3 is 5.92 Å². The molecule has 0 saturated heterocycles. The molecular formula is C14H18F2O. The van der Waals surface area contributed by atoms with Crippen LogP contribution >= 0.6 is 0 Å². The molecular weight excluding hydrogens is 222 g/mol. The zero-order chi connectivity index (χ0) is 12.7. The maximum absolute atomic E-state index is 14.5. The molecule has 1 aliphatic carbocycles. The van der Waals surface area contributed by atoms with Crippen LogP contribution in [0.25, 0.3) is 0 Å². The van der Waals surface area contributed by atoms with Crippen molar-refractivity contribution in [2.45, 2.75) is 44.6 Å². The van der Waals surface area contributed by atoms with Gasteiger partial charge in [-0.15, -0.1) is 0 Å². The number of halogens is 2. The molecule has 94 valence electrons. The summed E-state index contributed by atoms with van der Waals surface area (Å²) in [5.74, 6) is -2.96. The van der Waals surface area contributed by atoms with Crippen molar-refractivity contribution in [2.75, 3.05) is 7.11 Å². The van der Waals surface area contributed by atoms with E-state index in [9.17, 15) is 8.78 Å². The second-order valence-corrected chi connectivity index (χ2v) is 5.09. The molecule has 0 bridgehead atoms. The van der Waals surface area contributed by atoms with Crippen molar-refractivity contribution in [3.8, 4) is 0 Å².